The molecular formula is C16H26IN3OS. The van der Waals surface area contributed by atoms with E-state index in [1.165, 1.54) is 24.3 Å². The number of nitrogens with zero attached hydrogens (tertiary/aromatic N) is 1. The van der Waals surface area contributed by atoms with Crippen molar-refractivity contribution in [2.45, 2.75) is 32.8 Å². The highest BCUT2D eigenvalue weighted by atomic mass is 127. The van der Waals surface area contributed by atoms with Crippen LogP contribution in [0.25, 0.3) is 0 Å². The molecule has 0 aliphatic carbocycles. The van der Waals surface area contributed by atoms with Gasteiger partial charge in [-0.1, -0.05) is 0 Å². The van der Waals surface area contributed by atoms with Gasteiger partial charge in [-0.25, -0.2) is 0 Å². The van der Waals surface area contributed by atoms with Crippen LogP contribution in [0.4, 0.5) is 5.69 Å². The molecule has 1 heterocycles. The number of anilines is 1. The van der Waals surface area contributed by atoms with Gasteiger partial charge in [-0.3, -0.25) is 4.99 Å². The van der Waals surface area contributed by atoms with E-state index in [9.17, 15) is 0 Å². The van der Waals surface area contributed by atoms with E-state index in [4.69, 9.17) is 10.5 Å². The van der Waals surface area contributed by atoms with E-state index in [0.717, 1.165) is 18.0 Å². The van der Waals surface area contributed by atoms with Crippen LogP contribution in [-0.2, 0) is 0 Å². The molecule has 1 aliphatic rings. The minimum atomic E-state index is 0. The third-order valence-electron chi connectivity index (χ3n) is 3.27. The van der Waals surface area contributed by atoms with Gasteiger partial charge in [0, 0.05) is 12.2 Å². The summed E-state index contributed by atoms with van der Waals surface area (Å²) in [5.74, 6) is 4.52. The zero-order chi connectivity index (χ0) is 15.1. The van der Waals surface area contributed by atoms with Crippen LogP contribution in [0.2, 0.25) is 0 Å². The lowest BCUT2D eigenvalue weighted by Crippen LogP contribution is -2.24. The van der Waals surface area contributed by atoms with E-state index in [1.807, 2.05) is 49.9 Å². The number of rotatable bonds is 5. The predicted octanol–water partition coefficient (Wildman–Crippen LogP) is 3.96. The third kappa shape index (κ3) is 7.09. The molecule has 124 valence electrons. The number of thioether (sulfide) groups is 1. The summed E-state index contributed by atoms with van der Waals surface area (Å²) in [6.07, 6.45) is 2.75. The minimum absolute atomic E-state index is 0. The molecule has 0 spiro atoms. The minimum Gasteiger partial charge on any atom is -0.491 e. The lowest BCUT2D eigenvalue weighted by Gasteiger charge is -2.19. The van der Waals surface area contributed by atoms with Gasteiger partial charge < -0.3 is 15.8 Å². The Morgan fingerprint density at radius 2 is 2.14 bits per heavy atom. The van der Waals surface area contributed by atoms with Gasteiger partial charge in [0.2, 0.25) is 0 Å². The maximum Gasteiger partial charge on any atom is 0.193 e. The Bertz CT molecular complexity index is 459. The van der Waals surface area contributed by atoms with Crippen molar-refractivity contribution in [1.29, 1.82) is 0 Å². The number of hydrogen-bond donors (Lipinski definition) is 2. The number of nitrogens with one attached hydrogen (secondary N) is 1. The molecule has 0 amide bonds. The van der Waals surface area contributed by atoms with E-state index in [1.54, 1.807) is 0 Å². The molecule has 0 aromatic heterocycles. The van der Waals surface area contributed by atoms with Gasteiger partial charge in [-0.05, 0) is 68.4 Å². The Balaban J connectivity index is 0.00000242. The van der Waals surface area contributed by atoms with Gasteiger partial charge >= 0.3 is 0 Å². The van der Waals surface area contributed by atoms with Gasteiger partial charge in [0.25, 0.3) is 0 Å². The van der Waals surface area contributed by atoms with Crippen molar-refractivity contribution in [3.8, 4) is 5.75 Å². The highest BCUT2D eigenvalue weighted by molar-refractivity contribution is 14.0. The average molecular weight is 435 g/mol. The van der Waals surface area contributed by atoms with Crippen molar-refractivity contribution in [2.24, 2.45) is 16.6 Å². The molecule has 4 nitrogen and oxygen atoms in total. The molecule has 22 heavy (non-hydrogen) atoms. The number of nitrogens with two attached hydrogens (primary N) is 1. The molecule has 3 N–H and O–H groups in total. The Hall–Kier alpha value is -0.630. The predicted molar refractivity (Wildman–Crippen MR) is 108 cm³/mol. The first kappa shape index (κ1) is 19.4. The number of benzene rings is 1. The number of aliphatic imine (C=N–C) groups is 1. The maximum absolute atomic E-state index is 5.94. The third-order valence-corrected chi connectivity index (χ3v) is 4.56. The molecule has 1 unspecified atom stereocenters. The largest absolute Gasteiger partial charge is 0.491 e. The van der Waals surface area contributed by atoms with Crippen LogP contribution in [0, 0.1) is 5.92 Å². The lowest BCUT2D eigenvalue weighted by atomic mass is 10.1. The van der Waals surface area contributed by atoms with E-state index >= 15 is 0 Å². The zero-order valence-corrected chi connectivity index (χ0v) is 16.4. The second-order valence-electron chi connectivity index (χ2n) is 5.63. The van der Waals surface area contributed by atoms with Crippen molar-refractivity contribution >= 4 is 47.4 Å². The molecule has 1 saturated heterocycles. The molecule has 1 atom stereocenters. The highest BCUT2D eigenvalue weighted by Crippen LogP contribution is 2.22. The Morgan fingerprint density at radius 3 is 2.73 bits per heavy atom. The van der Waals surface area contributed by atoms with Crippen LogP contribution in [-0.4, -0.2) is 30.1 Å². The average Bonchev–Trinajstić information content (AvgIpc) is 2.48. The van der Waals surface area contributed by atoms with Gasteiger partial charge in [-0.15, -0.1) is 24.0 Å². The second-order valence-corrected chi connectivity index (χ2v) is 6.77. The van der Waals surface area contributed by atoms with Gasteiger partial charge in [-0.2, -0.15) is 11.8 Å². The first-order valence-corrected chi connectivity index (χ1v) is 8.70. The normalized spacial score (nSPS) is 18.7. The first-order valence-electron chi connectivity index (χ1n) is 7.55. The fraction of sp³-hybridized carbons (Fsp3) is 0.562. The monoisotopic (exact) mass is 435 g/mol. The van der Waals surface area contributed by atoms with Crippen LogP contribution in [0.15, 0.2) is 29.3 Å². The van der Waals surface area contributed by atoms with Crippen LogP contribution in [0.5, 0.6) is 5.75 Å². The second kappa shape index (κ2) is 10.2. The standard InChI is InChI=1S/C16H25N3OS.HI/c1-12(2)20-15-7-5-14(6-8-15)19-16(17)18-10-13-4-3-9-21-11-13;/h5-8,12-13H,3-4,9-11H2,1-2H3,(H3,17,18,19);1H. The molecule has 1 fully saturated rings. The van der Waals surface area contributed by atoms with Gasteiger partial charge in [0.1, 0.15) is 5.75 Å². The van der Waals surface area contributed by atoms with E-state index in [2.05, 4.69) is 10.3 Å². The quantitative estimate of drug-likeness (QED) is 0.418. The molecule has 0 radical (unpaired) electrons. The smallest absolute Gasteiger partial charge is 0.193 e. The number of hydrogen-bond acceptors (Lipinski definition) is 3. The van der Waals surface area contributed by atoms with Crippen molar-refractivity contribution in [3.63, 3.8) is 0 Å². The van der Waals surface area contributed by atoms with Crippen LogP contribution in [0.1, 0.15) is 26.7 Å². The first-order chi connectivity index (χ1) is 10.1. The molecule has 1 aliphatic heterocycles. The summed E-state index contributed by atoms with van der Waals surface area (Å²) in [5, 5.41) is 3.13. The topological polar surface area (TPSA) is 59.6 Å². The van der Waals surface area contributed by atoms with E-state index < -0.39 is 0 Å². The Kier molecular flexibility index (Phi) is 9.00. The summed E-state index contributed by atoms with van der Waals surface area (Å²) in [7, 11) is 0. The van der Waals surface area contributed by atoms with E-state index in [-0.39, 0.29) is 30.1 Å². The SMILES string of the molecule is CC(C)Oc1ccc(NC(N)=NCC2CCCSC2)cc1.I. The van der Waals surface area contributed by atoms with Gasteiger partial charge in [0.05, 0.1) is 6.10 Å². The fourth-order valence-corrected chi connectivity index (χ4v) is 3.40. The van der Waals surface area contributed by atoms with Crippen LogP contribution < -0.4 is 15.8 Å². The maximum atomic E-state index is 5.94. The number of halogens is 1. The molecule has 1 aromatic rings. The van der Waals surface area contributed by atoms with Crippen molar-refractivity contribution < 1.29 is 4.74 Å². The van der Waals surface area contributed by atoms with Crippen LogP contribution >= 0.6 is 35.7 Å². The Morgan fingerprint density at radius 1 is 1.41 bits per heavy atom. The molecule has 0 bridgehead atoms. The molecule has 1 aromatic carbocycles. The van der Waals surface area contributed by atoms with Crippen LogP contribution in [0.3, 0.4) is 0 Å². The Labute approximate surface area is 154 Å². The lowest BCUT2D eigenvalue weighted by molar-refractivity contribution is 0.242. The highest BCUT2D eigenvalue weighted by Gasteiger charge is 2.13. The zero-order valence-electron chi connectivity index (χ0n) is 13.2. The molecule has 2 rings (SSSR count). The summed E-state index contributed by atoms with van der Waals surface area (Å²) in [6.45, 7) is 4.85. The van der Waals surface area contributed by atoms with Crippen molar-refractivity contribution in [1.82, 2.24) is 0 Å². The molecule has 6 heteroatoms. The molecular weight excluding hydrogens is 409 g/mol. The summed E-state index contributed by atoms with van der Waals surface area (Å²) in [6, 6.07) is 7.79. The van der Waals surface area contributed by atoms with Gasteiger partial charge in [0.15, 0.2) is 5.96 Å². The fourth-order valence-electron chi connectivity index (χ4n) is 2.26. The van der Waals surface area contributed by atoms with E-state index in [0.29, 0.717) is 11.9 Å². The summed E-state index contributed by atoms with van der Waals surface area (Å²) in [5.41, 5.74) is 6.88. The number of ether oxygens (including phenoxy) is 1. The molecule has 0 saturated carbocycles. The van der Waals surface area contributed by atoms with Crippen molar-refractivity contribution in [2.75, 3.05) is 23.4 Å². The summed E-state index contributed by atoms with van der Waals surface area (Å²) >= 11 is 2.02. The number of guanidine groups is 1. The summed E-state index contributed by atoms with van der Waals surface area (Å²) < 4.78 is 5.61. The summed E-state index contributed by atoms with van der Waals surface area (Å²) in [4.78, 5) is 4.45. The van der Waals surface area contributed by atoms with Crippen molar-refractivity contribution in [3.05, 3.63) is 24.3 Å².